The average molecular weight is 193 g/mol. The molecule has 0 aromatic carbocycles. The zero-order valence-corrected chi connectivity index (χ0v) is 10.4. The second-order valence-corrected chi connectivity index (χ2v) is 6.10. The van der Waals surface area contributed by atoms with E-state index in [9.17, 15) is 0 Å². The van der Waals surface area contributed by atoms with Crippen LogP contribution in [0.5, 0.6) is 0 Å². The fourth-order valence-electron chi connectivity index (χ4n) is 1.86. The maximum Gasteiger partial charge on any atom is 0.0201 e. The van der Waals surface area contributed by atoms with E-state index >= 15 is 0 Å². The van der Waals surface area contributed by atoms with Crippen molar-refractivity contribution in [2.24, 2.45) is 10.8 Å². The second kappa shape index (κ2) is 3.45. The molecule has 0 aliphatic carbocycles. The van der Waals surface area contributed by atoms with Gasteiger partial charge < -0.3 is 5.32 Å². The van der Waals surface area contributed by atoms with E-state index in [-0.39, 0.29) is 10.8 Å². The van der Waals surface area contributed by atoms with E-state index in [4.69, 9.17) is 0 Å². The van der Waals surface area contributed by atoms with Gasteiger partial charge in [0.25, 0.3) is 0 Å². The summed E-state index contributed by atoms with van der Waals surface area (Å²) < 4.78 is 0. The van der Waals surface area contributed by atoms with Crippen molar-refractivity contribution in [3.63, 3.8) is 0 Å². The van der Waals surface area contributed by atoms with Gasteiger partial charge in [-0.1, -0.05) is 47.6 Å². The van der Waals surface area contributed by atoms with Gasteiger partial charge in [-0.2, -0.15) is 0 Å². The van der Waals surface area contributed by atoms with Gasteiger partial charge in [0.15, 0.2) is 0 Å². The van der Waals surface area contributed by atoms with Crippen molar-refractivity contribution in [2.75, 3.05) is 0 Å². The van der Waals surface area contributed by atoms with E-state index in [1.807, 2.05) is 0 Å². The molecule has 1 rings (SSSR count). The molecule has 0 bridgehead atoms. The average Bonchev–Trinajstić information content (AvgIpc) is 2.01. The summed E-state index contributed by atoms with van der Waals surface area (Å²) in [5.74, 6) is 0. The quantitative estimate of drug-likeness (QED) is 0.616. The van der Waals surface area contributed by atoms with Gasteiger partial charge in [0, 0.05) is 11.1 Å². The molecule has 1 heteroatoms. The standard InChI is InChI=1S/C13H23N/c1-12(2,3)10-8-7-9-14-11(10)13(4,5)6/h7,9,14H,8H2,1-6H3. The van der Waals surface area contributed by atoms with Crippen molar-refractivity contribution in [3.05, 3.63) is 23.5 Å². The van der Waals surface area contributed by atoms with Crippen LogP contribution in [0.3, 0.4) is 0 Å². The number of rotatable bonds is 0. The summed E-state index contributed by atoms with van der Waals surface area (Å²) in [5, 5.41) is 3.41. The third-order valence-electron chi connectivity index (χ3n) is 2.62. The minimum atomic E-state index is 0.216. The summed E-state index contributed by atoms with van der Waals surface area (Å²) in [5.41, 5.74) is 3.41. The van der Waals surface area contributed by atoms with Gasteiger partial charge in [0.2, 0.25) is 0 Å². The van der Waals surface area contributed by atoms with Crippen LogP contribution in [0.2, 0.25) is 0 Å². The van der Waals surface area contributed by atoms with Crippen molar-refractivity contribution >= 4 is 0 Å². The molecule has 1 nitrogen and oxygen atoms in total. The van der Waals surface area contributed by atoms with Crippen LogP contribution in [0.15, 0.2) is 23.5 Å². The van der Waals surface area contributed by atoms with Gasteiger partial charge in [-0.05, 0) is 23.6 Å². The number of dihydropyridines is 1. The molecule has 0 aromatic heterocycles. The number of hydrogen-bond donors (Lipinski definition) is 1. The van der Waals surface area contributed by atoms with E-state index in [1.165, 1.54) is 11.3 Å². The Labute approximate surface area is 88.3 Å². The smallest absolute Gasteiger partial charge is 0.0201 e. The zero-order valence-electron chi connectivity index (χ0n) is 10.4. The molecule has 0 saturated carbocycles. The third kappa shape index (κ3) is 2.40. The lowest BCUT2D eigenvalue weighted by atomic mass is 9.76. The van der Waals surface area contributed by atoms with Crippen molar-refractivity contribution in [1.82, 2.24) is 5.32 Å². The summed E-state index contributed by atoms with van der Waals surface area (Å²) in [7, 11) is 0. The van der Waals surface area contributed by atoms with Gasteiger partial charge in [-0.15, -0.1) is 0 Å². The molecule has 0 spiro atoms. The number of nitrogens with one attached hydrogen (secondary N) is 1. The highest BCUT2D eigenvalue weighted by molar-refractivity contribution is 5.29. The van der Waals surface area contributed by atoms with Crippen molar-refractivity contribution in [3.8, 4) is 0 Å². The second-order valence-electron chi connectivity index (χ2n) is 6.10. The van der Waals surface area contributed by atoms with E-state index in [1.54, 1.807) is 0 Å². The summed E-state index contributed by atoms with van der Waals surface area (Å²) >= 11 is 0. The Bertz CT molecular complexity index is 241. The summed E-state index contributed by atoms with van der Waals surface area (Å²) in [4.78, 5) is 0. The van der Waals surface area contributed by atoms with Crippen molar-refractivity contribution < 1.29 is 0 Å². The maximum absolute atomic E-state index is 3.41. The Morgan fingerprint density at radius 2 is 1.57 bits per heavy atom. The Kier molecular flexibility index (Phi) is 2.80. The fraction of sp³-hybridized carbons (Fsp3) is 0.692. The number of allylic oxidation sites excluding steroid dienone is 3. The predicted octanol–water partition coefficient (Wildman–Crippen LogP) is 3.84. The van der Waals surface area contributed by atoms with Crippen molar-refractivity contribution in [1.29, 1.82) is 0 Å². The summed E-state index contributed by atoms with van der Waals surface area (Å²) in [6.45, 7) is 13.7. The van der Waals surface area contributed by atoms with E-state index in [0.717, 1.165) is 6.42 Å². The lowest BCUT2D eigenvalue weighted by molar-refractivity contribution is 0.416. The Morgan fingerprint density at radius 1 is 1.00 bits per heavy atom. The van der Waals surface area contributed by atoms with Crippen LogP contribution in [-0.4, -0.2) is 0 Å². The predicted molar refractivity (Wildman–Crippen MR) is 62.8 cm³/mol. The lowest BCUT2D eigenvalue weighted by Gasteiger charge is -2.34. The van der Waals surface area contributed by atoms with Crippen molar-refractivity contribution in [2.45, 2.75) is 48.0 Å². The van der Waals surface area contributed by atoms with E-state index < -0.39 is 0 Å². The molecule has 80 valence electrons. The largest absolute Gasteiger partial charge is 0.365 e. The first-order chi connectivity index (χ1) is 6.23. The normalized spacial score (nSPS) is 18.4. The molecule has 1 aliphatic rings. The molecule has 0 fully saturated rings. The number of hydrogen-bond acceptors (Lipinski definition) is 1. The summed E-state index contributed by atoms with van der Waals surface area (Å²) in [6, 6.07) is 0. The van der Waals surface area contributed by atoms with E-state index in [0.29, 0.717) is 0 Å². The van der Waals surface area contributed by atoms with Crippen LogP contribution in [0, 0.1) is 10.8 Å². The molecule has 14 heavy (non-hydrogen) atoms. The monoisotopic (exact) mass is 193 g/mol. The minimum absolute atomic E-state index is 0.216. The Hall–Kier alpha value is -0.720. The molecule has 0 aromatic rings. The molecule has 1 heterocycles. The van der Waals surface area contributed by atoms with Crippen LogP contribution < -0.4 is 5.32 Å². The molecule has 0 saturated heterocycles. The molecule has 1 aliphatic heterocycles. The van der Waals surface area contributed by atoms with Crippen LogP contribution in [0.4, 0.5) is 0 Å². The highest BCUT2D eigenvalue weighted by atomic mass is 14.9. The van der Waals surface area contributed by atoms with Gasteiger partial charge in [0.05, 0.1) is 0 Å². The first-order valence-electron chi connectivity index (χ1n) is 5.38. The highest BCUT2D eigenvalue weighted by Gasteiger charge is 2.28. The molecule has 0 atom stereocenters. The SMILES string of the molecule is CC(C)(C)C1=C(C(C)(C)C)NC=CC1. The fourth-order valence-corrected chi connectivity index (χ4v) is 1.86. The minimum Gasteiger partial charge on any atom is -0.365 e. The molecule has 0 unspecified atom stereocenters. The van der Waals surface area contributed by atoms with Crippen LogP contribution in [0.25, 0.3) is 0 Å². The van der Waals surface area contributed by atoms with Gasteiger partial charge in [-0.3, -0.25) is 0 Å². The highest BCUT2D eigenvalue weighted by Crippen LogP contribution is 2.38. The third-order valence-corrected chi connectivity index (χ3v) is 2.62. The Morgan fingerprint density at radius 3 is 1.93 bits per heavy atom. The van der Waals surface area contributed by atoms with Gasteiger partial charge in [0.1, 0.15) is 0 Å². The van der Waals surface area contributed by atoms with Crippen LogP contribution in [0.1, 0.15) is 48.0 Å². The molecule has 0 amide bonds. The molecular weight excluding hydrogens is 170 g/mol. The van der Waals surface area contributed by atoms with Crippen LogP contribution in [-0.2, 0) is 0 Å². The van der Waals surface area contributed by atoms with E-state index in [2.05, 4.69) is 59.1 Å². The topological polar surface area (TPSA) is 12.0 Å². The summed E-state index contributed by atoms with van der Waals surface area (Å²) in [6.07, 6.45) is 5.36. The van der Waals surface area contributed by atoms with Crippen LogP contribution >= 0.6 is 0 Å². The maximum atomic E-state index is 3.41. The first kappa shape index (κ1) is 11.4. The molecular formula is C13H23N. The first-order valence-corrected chi connectivity index (χ1v) is 5.38. The lowest BCUT2D eigenvalue weighted by Crippen LogP contribution is -2.28. The zero-order chi connectivity index (χ0) is 11.0. The Balaban J connectivity index is 3.12. The van der Waals surface area contributed by atoms with Gasteiger partial charge >= 0.3 is 0 Å². The molecule has 1 N–H and O–H groups in total. The van der Waals surface area contributed by atoms with Gasteiger partial charge in [-0.25, -0.2) is 0 Å². The molecule has 0 radical (unpaired) electrons.